The first kappa shape index (κ1) is 27.7. The van der Waals surface area contributed by atoms with E-state index in [4.69, 9.17) is 0 Å². The molecule has 0 fully saturated rings. The quantitative estimate of drug-likeness (QED) is 0.216. The summed E-state index contributed by atoms with van der Waals surface area (Å²) >= 11 is 0. The second-order valence-corrected chi connectivity index (χ2v) is 10.7. The van der Waals surface area contributed by atoms with Crippen LogP contribution in [0.5, 0.6) is 0 Å². The normalized spacial score (nSPS) is 18.5. The Kier molecular flexibility index (Phi) is 15.4. The summed E-state index contributed by atoms with van der Waals surface area (Å²) < 4.78 is 0. The summed E-state index contributed by atoms with van der Waals surface area (Å²) in [5.74, 6) is 5.64. The summed E-state index contributed by atoms with van der Waals surface area (Å²) in [7, 11) is 0. The zero-order valence-corrected chi connectivity index (χ0v) is 21.3. The van der Waals surface area contributed by atoms with Crippen molar-refractivity contribution in [2.75, 3.05) is 0 Å². The van der Waals surface area contributed by atoms with E-state index in [1.54, 1.807) is 0 Å². The third-order valence-corrected chi connectivity index (χ3v) is 7.52. The van der Waals surface area contributed by atoms with Crippen LogP contribution >= 0.6 is 0 Å². The van der Waals surface area contributed by atoms with Crippen LogP contribution in [0.1, 0.15) is 127 Å². The summed E-state index contributed by atoms with van der Waals surface area (Å²) in [6.07, 6.45) is 13.8. The maximum absolute atomic E-state index is 4.50. The molecule has 0 N–H and O–H groups in total. The first-order valence-electron chi connectivity index (χ1n) is 12.8. The lowest BCUT2D eigenvalue weighted by molar-refractivity contribution is 0.246. The highest BCUT2D eigenvalue weighted by Crippen LogP contribution is 2.35. The Morgan fingerprint density at radius 3 is 1.75 bits per heavy atom. The lowest BCUT2D eigenvalue weighted by Gasteiger charge is -2.31. The van der Waals surface area contributed by atoms with Gasteiger partial charge < -0.3 is 0 Å². The maximum atomic E-state index is 4.50. The molecule has 0 aromatic heterocycles. The first-order chi connectivity index (χ1) is 13.2. The van der Waals surface area contributed by atoms with E-state index in [0.29, 0.717) is 11.8 Å². The van der Waals surface area contributed by atoms with Crippen molar-refractivity contribution in [3.63, 3.8) is 0 Å². The molecule has 0 bridgehead atoms. The van der Waals surface area contributed by atoms with Crippen LogP contribution in [0.25, 0.3) is 0 Å². The smallest absolute Gasteiger partial charge is 0.0198 e. The van der Waals surface area contributed by atoms with E-state index in [0.717, 1.165) is 29.6 Å². The third kappa shape index (κ3) is 11.7. The molecule has 0 saturated carbocycles. The van der Waals surface area contributed by atoms with E-state index in [9.17, 15) is 0 Å². The summed E-state index contributed by atoms with van der Waals surface area (Å²) in [4.78, 5) is 0. The molecule has 0 heteroatoms. The highest BCUT2D eigenvalue weighted by atomic mass is 14.3. The minimum Gasteiger partial charge on any atom is -0.0993 e. The van der Waals surface area contributed by atoms with E-state index in [1.165, 1.54) is 69.8 Å². The number of rotatable bonds is 17. The molecule has 0 nitrogen and oxygen atoms in total. The Labute approximate surface area is 180 Å². The topological polar surface area (TPSA) is 0 Å². The van der Waals surface area contributed by atoms with Crippen molar-refractivity contribution in [3.05, 3.63) is 12.2 Å². The minimum absolute atomic E-state index is 0.616. The third-order valence-electron chi connectivity index (χ3n) is 7.52. The Morgan fingerprint density at radius 2 is 1.25 bits per heavy atom. The van der Waals surface area contributed by atoms with Gasteiger partial charge in [0.25, 0.3) is 0 Å². The SMILES string of the molecule is C=C(C(C)C)C(CC(C)CC)CC(C)C(C)CCC(CCC)CC(C)CCC. The maximum Gasteiger partial charge on any atom is -0.0198 e. The van der Waals surface area contributed by atoms with Crippen LogP contribution in [-0.4, -0.2) is 0 Å². The highest BCUT2D eigenvalue weighted by Gasteiger charge is 2.24. The van der Waals surface area contributed by atoms with Gasteiger partial charge in [0, 0.05) is 0 Å². The van der Waals surface area contributed by atoms with Gasteiger partial charge in [-0.2, -0.15) is 0 Å². The monoisotopic (exact) mass is 392 g/mol. The lowest BCUT2D eigenvalue weighted by Crippen LogP contribution is -2.19. The predicted octanol–water partition coefficient (Wildman–Crippen LogP) is 9.94. The summed E-state index contributed by atoms with van der Waals surface area (Å²) in [6.45, 7) is 26.1. The lowest BCUT2D eigenvalue weighted by atomic mass is 9.75. The minimum atomic E-state index is 0.616. The Bertz CT molecular complexity index is 379. The van der Waals surface area contributed by atoms with Gasteiger partial charge in [0.1, 0.15) is 0 Å². The fourth-order valence-corrected chi connectivity index (χ4v) is 4.95. The van der Waals surface area contributed by atoms with Gasteiger partial charge in [-0.05, 0) is 60.7 Å². The molecule has 168 valence electrons. The molecule has 0 aliphatic rings. The average Bonchev–Trinajstić information content (AvgIpc) is 2.64. The van der Waals surface area contributed by atoms with Crippen LogP contribution in [-0.2, 0) is 0 Å². The predicted molar refractivity (Wildman–Crippen MR) is 131 cm³/mol. The average molecular weight is 393 g/mol. The van der Waals surface area contributed by atoms with E-state index in [2.05, 4.69) is 68.9 Å². The molecule has 6 atom stereocenters. The van der Waals surface area contributed by atoms with Crippen molar-refractivity contribution >= 4 is 0 Å². The molecule has 28 heavy (non-hydrogen) atoms. The number of hydrogen-bond donors (Lipinski definition) is 0. The molecule has 0 saturated heterocycles. The largest absolute Gasteiger partial charge is 0.0993 e. The summed E-state index contributed by atoms with van der Waals surface area (Å²) in [5, 5.41) is 0. The zero-order valence-electron chi connectivity index (χ0n) is 21.3. The summed E-state index contributed by atoms with van der Waals surface area (Å²) in [6, 6.07) is 0. The van der Waals surface area contributed by atoms with Crippen molar-refractivity contribution < 1.29 is 0 Å². The van der Waals surface area contributed by atoms with Gasteiger partial charge in [0.2, 0.25) is 0 Å². The van der Waals surface area contributed by atoms with Crippen LogP contribution in [0.4, 0.5) is 0 Å². The van der Waals surface area contributed by atoms with Crippen molar-refractivity contribution in [2.24, 2.45) is 41.4 Å². The standard InChI is InChI=1S/C28H56/c1-11-14-23(7)18-27(15-12-2)17-16-24(8)25(9)20-28(19-22(6)13-3)26(10)21(4)5/h21-25,27-28H,10-20H2,1-9H3. The van der Waals surface area contributed by atoms with E-state index in [1.807, 2.05) is 0 Å². The van der Waals surface area contributed by atoms with Gasteiger partial charge in [-0.3, -0.25) is 0 Å². The van der Waals surface area contributed by atoms with Gasteiger partial charge in [-0.25, -0.2) is 0 Å². The van der Waals surface area contributed by atoms with Crippen molar-refractivity contribution in [2.45, 2.75) is 127 Å². The van der Waals surface area contributed by atoms with E-state index < -0.39 is 0 Å². The highest BCUT2D eigenvalue weighted by molar-refractivity contribution is 5.04. The van der Waals surface area contributed by atoms with Crippen LogP contribution in [0.2, 0.25) is 0 Å². The molecule has 0 aliphatic heterocycles. The fraction of sp³-hybridized carbons (Fsp3) is 0.929. The van der Waals surface area contributed by atoms with Crippen LogP contribution in [0.15, 0.2) is 12.2 Å². The molecular formula is C28H56. The number of hydrogen-bond acceptors (Lipinski definition) is 0. The molecule has 6 unspecified atom stereocenters. The Morgan fingerprint density at radius 1 is 0.643 bits per heavy atom. The number of allylic oxidation sites excluding steroid dienone is 1. The molecule has 0 aromatic carbocycles. The molecule has 0 amide bonds. The molecule has 0 aromatic rings. The van der Waals surface area contributed by atoms with Crippen molar-refractivity contribution in [3.8, 4) is 0 Å². The molecule has 0 rings (SSSR count). The summed E-state index contributed by atoms with van der Waals surface area (Å²) in [5.41, 5.74) is 1.50. The fourth-order valence-electron chi connectivity index (χ4n) is 4.95. The molecule has 0 radical (unpaired) electrons. The molecule has 0 aliphatic carbocycles. The van der Waals surface area contributed by atoms with Crippen molar-refractivity contribution in [1.82, 2.24) is 0 Å². The molecule has 0 spiro atoms. The van der Waals surface area contributed by atoms with E-state index >= 15 is 0 Å². The van der Waals surface area contributed by atoms with Gasteiger partial charge in [0.15, 0.2) is 0 Å². The van der Waals surface area contributed by atoms with Gasteiger partial charge in [-0.15, -0.1) is 0 Å². The van der Waals surface area contributed by atoms with Crippen LogP contribution < -0.4 is 0 Å². The van der Waals surface area contributed by atoms with Gasteiger partial charge >= 0.3 is 0 Å². The molecule has 0 heterocycles. The van der Waals surface area contributed by atoms with Crippen molar-refractivity contribution in [1.29, 1.82) is 0 Å². The first-order valence-corrected chi connectivity index (χ1v) is 12.8. The molecular weight excluding hydrogens is 336 g/mol. The second kappa shape index (κ2) is 15.6. The zero-order chi connectivity index (χ0) is 21.7. The van der Waals surface area contributed by atoms with Gasteiger partial charge in [-0.1, -0.05) is 119 Å². The second-order valence-electron chi connectivity index (χ2n) is 10.7. The van der Waals surface area contributed by atoms with E-state index in [-0.39, 0.29) is 0 Å². The van der Waals surface area contributed by atoms with Gasteiger partial charge in [0.05, 0.1) is 0 Å². The van der Waals surface area contributed by atoms with Crippen LogP contribution in [0.3, 0.4) is 0 Å². The Hall–Kier alpha value is -0.260. The Balaban J connectivity index is 4.72. The van der Waals surface area contributed by atoms with Crippen LogP contribution in [0, 0.1) is 41.4 Å².